The topological polar surface area (TPSA) is 18.5 Å². The van der Waals surface area contributed by atoms with Crippen LogP contribution < -0.4 is 9.47 Å². The fourth-order valence-corrected chi connectivity index (χ4v) is 4.70. The second-order valence-corrected chi connectivity index (χ2v) is 7.17. The summed E-state index contributed by atoms with van der Waals surface area (Å²) in [6.07, 6.45) is 8.36. The number of benzene rings is 2. The van der Waals surface area contributed by atoms with Gasteiger partial charge >= 0.3 is 0 Å². The molecule has 0 N–H and O–H groups in total. The van der Waals surface area contributed by atoms with Crippen LogP contribution >= 0.6 is 11.8 Å². The van der Waals surface area contributed by atoms with Crippen molar-refractivity contribution in [1.82, 2.24) is 0 Å². The van der Waals surface area contributed by atoms with Gasteiger partial charge in [-0.25, -0.2) is 0 Å². The number of rotatable bonds is 4. The van der Waals surface area contributed by atoms with E-state index in [1.165, 1.54) is 40.2 Å². The van der Waals surface area contributed by atoms with Crippen LogP contribution in [0.2, 0.25) is 0 Å². The van der Waals surface area contributed by atoms with Gasteiger partial charge in [0.15, 0.2) is 0 Å². The lowest BCUT2D eigenvalue weighted by molar-refractivity contribution is 0.410. The van der Waals surface area contributed by atoms with Gasteiger partial charge in [-0.15, -0.1) is 0 Å². The van der Waals surface area contributed by atoms with Gasteiger partial charge in [-0.05, 0) is 61.2 Å². The average Bonchev–Trinajstić information content (AvgIpc) is 3.24. The maximum atomic E-state index is 5.60. The van der Waals surface area contributed by atoms with Crippen LogP contribution in [0.1, 0.15) is 30.4 Å². The molecular weight excluding hydrogens is 304 g/mol. The minimum absolute atomic E-state index is 0.141. The van der Waals surface area contributed by atoms with Crippen LogP contribution in [-0.2, 0) is 5.41 Å². The first kappa shape index (κ1) is 14.7. The van der Waals surface area contributed by atoms with E-state index in [1.54, 1.807) is 14.2 Å². The van der Waals surface area contributed by atoms with E-state index in [0.717, 1.165) is 11.5 Å². The molecule has 0 aromatic heterocycles. The molecule has 0 fully saturated rings. The van der Waals surface area contributed by atoms with Crippen LogP contribution in [0.4, 0.5) is 0 Å². The zero-order valence-corrected chi connectivity index (χ0v) is 14.3. The molecule has 0 heterocycles. The molecule has 0 radical (unpaired) electrons. The summed E-state index contributed by atoms with van der Waals surface area (Å²) in [5.41, 5.74) is 3.00. The normalized spacial score (nSPS) is 21.1. The third kappa shape index (κ3) is 2.34. The highest BCUT2D eigenvalue weighted by atomic mass is 32.2. The summed E-state index contributed by atoms with van der Waals surface area (Å²) < 4.78 is 10.8. The molecule has 2 aromatic carbocycles. The summed E-state index contributed by atoms with van der Waals surface area (Å²) in [6, 6.07) is 12.6. The van der Waals surface area contributed by atoms with Gasteiger partial charge in [-0.2, -0.15) is 0 Å². The van der Waals surface area contributed by atoms with Gasteiger partial charge in [0.2, 0.25) is 0 Å². The Kier molecular flexibility index (Phi) is 3.61. The van der Waals surface area contributed by atoms with Gasteiger partial charge in [0.1, 0.15) is 11.5 Å². The molecule has 0 saturated heterocycles. The summed E-state index contributed by atoms with van der Waals surface area (Å²) in [4.78, 5) is 2.58. The van der Waals surface area contributed by atoms with Gasteiger partial charge in [-0.1, -0.05) is 23.9 Å². The lowest BCUT2D eigenvalue weighted by Crippen LogP contribution is -2.08. The predicted octanol–water partition coefficient (Wildman–Crippen LogP) is 5.19. The van der Waals surface area contributed by atoms with Crippen LogP contribution in [0, 0.1) is 0 Å². The molecule has 2 aliphatic carbocycles. The Hall–Kier alpha value is -1.87. The standard InChI is InChI=1S/C20H20O2S/c1-21-14-6-8-15(9-7-14)23-17-11-10-16(22-2)18-19(17)20(18)12-4-3-5-13-20/h4,6-12H,3,5,13H2,1-2H3. The van der Waals surface area contributed by atoms with E-state index < -0.39 is 0 Å². The summed E-state index contributed by atoms with van der Waals surface area (Å²) in [6.45, 7) is 0. The molecular formula is C20H20O2S. The van der Waals surface area contributed by atoms with Crippen LogP contribution in [0.25, 0.3) is 0 Å². The first-order valence-electron chi connectivity index (χ1n) is 8.00. The maximum Gasteiger partial charge on any atom is 0.123 e. The van der Waals surface area contributed by atoms with Crippen molar-refractivity contribution in [3.63, 3.8) is 0 Å². The van der Waals surface area contributed by atoms with E-state index in [2.05, 4.69) is 36.4 Å². The van der Waals surface area contributed by atoms with Crippen LogP contribution in [0.5, 0.6) is 11.5 Å². The Morgan fingerprint density at radius 2 is 1.78 bits per heavy atom. The van der Waals surface area contributed by atoms with Gasteiger partial charge < -0.3 is 9.47 Å². The van der Waals surface area contributed by atoms with Crippen molar-refractivity contribution in [3.05, 3.63) is 59.7 Å². The molecule has 0 bridgehead atoms. The van der Waals surface area contributed by atoms with E-state index in [1.807, 2.05) is 23.9 Å². The number of ether oxygens (including phenoxy) is 2. The van der Waals surface area contributed by atoms with Crippen LogP contribution in [-0.4, -0.2) is 14.2 Å². The molecule has 4 rings (SSSR count). The van der Waals surface area contributed by atoms with Crippen molar-refractivity contribution in [2.24, 2.45) is 0 Å². The van der Waals surface area contributed by atoms with Crippen molar-refractivity contribution < 1.29 is 9.47 Å². The molecule has 118 valence electrons. The smallest absolute Gasteiger partial charge is 0.123 e. The van der Waals surface area contributed by atoms with Gasteiger partial charge in [0.05, 0.1) is 14.2 Å². The van der Waals surface area contributed by atoms with E-state index in [0.29, 0.717) is 0 Å². The van der Waals surface area contributed by atoms with Crippen molar-refractivity contribution >= 4 is 11.8 Å². The molecule has 0 saturated carbocycles. The third-order valence-electron chi connectivity index (χ3n) is 4.81. The van der Waals surface area contributed by atoms with E-state index in [4.69, 9.17) is 9.47 Å². The number of fused-ring (bicyclic) bond motifs is 3. The number of methoxy groups -OCH3 is 2. The highest BCUT2D eigenvalue weighted by Gasteiger charge is 2.53. The van der Waals surface area contributed by atoms with Crippen molar-refractivity contribution in [3.8, 4) is 11.5 Å². The highest BCUT2D eigenvalue weighted by molar-refractivity contribution is 7.99. The van der Waals surface area contributed by atoms with Crippen LogP contribution in [0.15, 0.2) is 58.3 Å². The number of hydrogen-bond acceptors (Lipinski definition) is 3. The summed E-state index contributed by atoms with van der Waals surface area (Å²) in [5.74, 6) is 1.93. The SMILES string of the molecule is COc1ccc(Sc2ccc(OC)c3c2C32C=CCCC2)cc1. The Balaban J connectivity index is 1.69. The van der Waals surface area contributed by atoms with Crippen molar-refractivity contribution in [1.29, 1.82) is 0 Å². The lowest BCUT2D eigenvalue weighted by atomic mass is 9.89. The summed E-state index contributed by atoms with van der Waals surface area (Å²) in [5, 5.41) is 0. The fourth-order valence-electron chi connectivity index (χ4n) is 3.65. The Morgan fingerprint density at radius 3 is 2.43 bits per heavy atom. The Morgan fingerprint density at radius 1 is 0.957 bits per heavy atom. The van der Waals surface area contributed by atoms with Crippen molar-refractivity contribution in [2.45, 2.75) is 34.5 Å². The zero-order valence-electron chi connectivity index (χ0n) is 13.5. The molecule has 0 aliphatic heterocycles. The number of allylic oxidation sites excluding steroid dienone is 2. The molecule has 2 nitrogen and oxygen atoms in total. The average molecular weight is 324 g/mol. The molecule has 2 aromatic rings. The third-order valence-corrected chi connectivity index (χ3v) is 5.88. The van der Waals surface area contributed by atoms with Gasteiger partial charge in [0, 0.05) is 20.8 Å². The lowest BCUT2D eigenvalue weighted by Gasteiger charge is -2.16. The number of hydrogen-bond donors (Lipinski definition) is 0. The monoisotopic (exact) mass is 324 g/mol. The Bertz CT molecular complexity index is 764. The van der Waals surface area contributed by atoms with E-state index >= 15 is 0 Å². The fraction of sp³-hybridized carbons (Fsp3) is 0.300. The molecule has 1 spiro atoms. The first-order chi connectivity index (χ1) is 11.3. The van der Waals surface area contributed by atoms with Gasteiger partial charge in [0.25, 0.3) is 0 Å². The van der Waals surface area contributed by atoms with E-state index in [-0.39, 0.29) is 5.41 Å². The maximum absolute atomic E-state index is 5.60. The second-order valence-electron chi connectivity index (χ2n) is 6.06. The zero-order chi connectivity index (χ0) is 15.9. The predicted molar refractivity (Wildman–Crippen MR) is 93.9 cm³/mol. The Labute approximate surface area is 141 Å². The van der Waals surface area contributed by atoms with E-state index in [9.17, 15) is 0 Å². The molecule has 1 unspecified atom stereocenters. The summed E-state index contributed by atoms with van der Waals surface area (Å²) >= 11 is 1.83. The quantitative estimate of drug-likeness (QED) is 0.721. The van der Waals surface area contributed by atoms with Crippen LogP contribution in [0.3, 0.4) is 0 Å². The first-order valence-corrected chi connectivity index (χ1v) is 8.82. The minimum Gasteiger partial charge on any atom is -0.497 e. The molecule has 1 atom stereocenters. The molecule has 23 heavy (non-hydrogen) atoms. The minimum atomic E-state index is 0.141. The summed E-state index contributed by atoms with van der Waals surface area (Å²) in [7, 11) is 3.47. The van der Waals surface area contributed by atoms with Gasteiger partial charge in [-0.3, -0.25) is 0 Å². The second kappa shape index (κ2) is 5.64. The van der Waals surface area contributed by atoms with Crippen molar-refractivity contribution in [2.75, 3.05) is 14.2 Å². The highest BCUT2D eigenvalue weighted by Crippen LogP contribution is 2.63. The molecule has 3 heteroatoms. The largest absolute Gasteiger partial charge is 0.497 e. The molecule has 2 aliphatic rings. The molecule has 0 amide bonds.